The number of rotatable bonds is 9. The first-order valence-corrected chi connectivity index (χ1v) is 17.5. The molecule has 9 aromatic rings. The van der Waals surface area contributed by atoms with Crippen LogP contribution in [0, 0.1) is 0 Å². The minimum atomic E-state index is 0.412. The van der Waals surface area contributed by atoms with Crippen molar-refractivity contribution < 1.29 is 4.74 Å². The van der Waals surface area contributed by atoms with Gasteiger partial charge < -0.3 is 14.2 Å². The summed E-state index contributed by atoms with van der Waals surface area (Å²) in [5, 5.41) is 4.56. The van der Waals surface area contributed by atoms with E-state index in [9.17, 15) is 0 Å². The van der Waals surface area contributed by atoms with Gasteiger partial charge in [-0.05, 0) is 95.5 Å². The first-order valence-electron chi connectivity index (χ1n) is 17.5. The van der Waals surface area contributed by atoms with Crippen molar-refractivity contribution in [1.29, 1.82) is 0 Å². The van der Waals surface area contributed by atoms with Gasteiger partial charge in [0.1, 0.15) is 18.0 Å². The normalized spacial score (nSPS) is 11.2. The quantitative estimate of drug-likeness (QED) is 0.143. The van der Waals surface area contributed by atoms with Crippen LogP contribution in [0.1, 0.15) is 5.56 Å². The molecule has 0 unspecified atom stereocenters. The van der Waals surface area contributed by atoms with E-state index in [4.69, 9.17) is 4.74 Å². The third-order valence-corrected chi connectivity index (χ3v) is 9.75. The minimum Gasteiger partial charge on any atom is -0.487 e. The van der Waals surface area contributed by atoms with Gasteiger partial charge in [-0.15, -0.1) is 0 Å². The van der Waals surface area contributed by atoms with Gasteiger partial charge in [-0.1, -0.05) is 121 Å². The number of anilines is 3. The van der Waals surface area contributed by atoms with Gasteiger partial charge in [-0.3, -0.25) is 4.99 Å². The Morgan fingerprint density at radius 1 is 0.500 bits per heavy atom. The molecule has 8 aromatic carbocycles. The molecule has 0 radical (unpaired) electrons. The summed E-state index contributed by atoms with van der Waals surface area (Å²) in [6.07, 6.45) is 0. The molecule has 4 nitrogen and oxygen atoms in total. The first kappa shape index (κ1) is 31.1. The van der Waals surface area contributed by atoms with Crippen LogP contribution >= 0.6 is 0 Å². The monoisotopic (exact) mass is 669 g/mol. The maximum atomic E-state index is 6.33. The molecule has 4 heteroatoms. The lowest BCUT2D eigenvalue weighted by Crippen LogP contribution is -2.10. The third kappa shape index (κ3) is 5.66. The van der Waals surface area contributed by atoms with Crippen LogP contribution in [0.15, 0.2) is 193 Å². The van der Waals surface area contributed by atoms with Crippen LogP contribution < -0.4 is 9.64 Å². The van der Waals surface area contributed by atoms with Crippen molar-refractivity contribution in [2.24, 2.45) is 4.99 Å². The largest absolute Gasteiger partial charge is 0.487 e. The maximum Gasteiger partial charge on any atom is 0.146 e. The van der Waals surface area contributed by atoms with Gasteiger partial charge in [0.15, 0.2) is 0 Å². The lowest BCUT2D eigenvalue weighted by molar-refractivity contribution is 0.308. The summed E-state index contributed by atoms with van der Waals surface area (Å²) in [7, 11) is 0. The highest BCUT2D eigenvalue weighted by Crippen LogP contribution is 2.41. The molecule has 0 aliphatic carbocycles. The zero-order chi connectivity index (χ0) is 34.9. The van der Waals surface area contributed by atoms with Crippen molar-refractivity contribution in [2.75, 3.05) is 4.90 Å². The average Bonchev–Trinajstić information content (AvgIpc) is 3.55. The van der Waals surface area contributed by atoms with Gasteiger partial charge in [0.05, 0.1) is 11.0 Å². The van der Waals surface area contributed by atoms with E-state index in [1.165, 1.54) is 27.4 Å². The standard InChI is InChI=1S/C48H35N3O/c1-49-48-42-20-9-8-15-36(42)25-30-47(48)52-33-34-23-26-39(27-24-34)50(40-19-12-16-37(31-40)35-13-4-2-5-14-35)41-28-29-46-44(32-41)43-21-10-11-22-45(43)51(46)38-17-6-3-7-18-38/h2-32H,1,33H2. The molecule has 1 aromatic heterocycles. The molecule has 0 fully saturated rings. The molecule has 0 aliphatic rings. The zero-order valence-corrected chi connectivity index (χ0v) is 28.6. The molecule has 0 N–H and O–H groups in total. The van der Waals surface area contributed by atoms with Gasteiger partial charge in [0.25, 0.3) is 0 Å². The smallest absolute Gasteiger partial charge is 0.146 e. The van der Waals surface area contributed by atoms with Gasteiger partial charge in [0.2, 0.25) is 0 Å². The van der Waals surface area contributed by atoms with Gasteiger partial charge in [-0.2, -0.15) is 0 Å². The van der Waals surface area contributed by atoms with E-state index in [1.54, 1.807) is 0 Å². The average molecular weight is 670 g/mol. The van der Waals surface area contributed by atoms with Gasteiger partial charge in [0, 0.05) is 38.9 Å². The van der Waals surface area contributed by atoms with Crippen LogP contribution in [0.2, 0.25) is 0 Å². The fourth-order valence-electron chi connectivity index (χ4n) is 7.27. The highest BCUT2D eigenvalue weighted by Gasteiger charge is 2.18. The summed E-state index contributed by atoms with van der Waals surface area (Å²) >= 11 is 0. The van der Waals surface area contributed by atoms with E-state index < -0.39 is 0 Å². The van der Waals surface area contributed by atoms with E-state index in [0.717, 1.165) is 56.1 Å². The van der Waals surface area contributed by atoms with E-state index in [2.05, 4.69) is 191 Å². The topological polar surface area (TPSA) is 29.8 Å². The van der Waals surface area contributed by atoms with E-state index in [-0.39, 0.29) is 0 Å². The highest BCUT2D eigenvalue weighted by molar-refractivity contribution is 6.10. The predicted octanol–water partition coefficient (Wildman–Crippen LogP) is 13.0. The van der Waals surface area contributed by atoms with Crippen LogP contribution in [0.5, 0.6) is 5.75 Å². The van der Waals surface area contributed by atoms with Crippen LogP contribution in [-0.4, -0.2) is 11.3 Å². The molecule has 1 heterocycles. The van der Waals surface area contributed by atoms with Crippen molar-refractivity contribution in [3.63, 3.8) is 0 Å². The number of aromatic nitrogens is 1. The minimum absolute atomic E-state index is 0.412. The molecule has 0 bridgehead atoms. The maximum absolute atomic E-state index is 6.33. The molecule has 0 atom stereocenters. The molecule has 0 saturated heterocycles. The summed E-state index contributed by atoms with van der Waals surface area (Å²) in [6.45, 7) is 4.24. The number of hydrogen-bond acceptors (Lipinski definition) is 3. The van der Waals surface area contributed by atoms with Crippen molar-refractivity contribution >= 4 is 62.0 Å². The Morgan fingerprint density at radius 2 is 1.15 bits per heavy atom. The molecule has 9 rings (SSSR count). The van der Waals surface area contributed by atoms with Crippen molar-refractivity contribution in [3.8, 4) is 22.6 Å². The van der Waals surface area contributed by atoms with Crippen molar-refractivity contribution in [3.05, 3.63) is 194 Å². The first-order chi connectivity index (χ1) is 25.7. The summed E-state index contributed by atoms with van der Waals surface area (Å²) < 4.78 is 8.69. The molecule has 52 heavy (non-hydrogen) atoms. The van der Waals surface area contributed by atoms with Crippen LogP contribution in [0.3, 0.4) is 0 Å². The fraction of sp³-hybridized carbons (Fsp3) is 0.0208. The number of para-hydroxylation sites is 2. The molecule has 0 aliphatic heterocycles. The van der Waals surface area contributed by atoms with Crippen molar-refractivity contribution in [2.45, 2.75) is 6.61 Å². The van der Waals surface area contributed by atoms with E-state index in [0.29, 0.717) is 6.61 Å². The van der Waals surface area contributed by atoms with Crippen LogP contribution in [-0.2, 0) is 6.61 Å². The number of benzene rings is 8. The lowest BCUT2D eigenvalue weighted by atomic mass is 10.0. The zero-order valence-electron chi connectivity index (χ0n) is 28.6. The number of hydrogen-bond donors (Lipinski definition) is 0. The Hall–Kier alpha value is -6.91. The Kier molecular flexibility index (Phi) is 8.03. The third-order valence-electron chi connectivity index (χ3n) is 9.75. The summed E-state index contributed by atoms with van der Waals surface area (Å²) in [6, 6.07) is 66.2. The number of aliphatic imine (C=N–C) groups is 1. The van der Waals surface area contributed by atoms with Crippen molar-refractivity contribution in [1.82, 2.24) is 4.57 Å². The Bertz CT molecular complexity index is 2700. The van der Waals surface area contributed by atoms with Crippen LogP contribution in [0.25, 0.3) is 49.4 Å². The van der Waals surface area contributed by atoms with Gasteiger partial charge in [-0.25, -0.2) is 0 Å². The Balaban J connectivity index is 1.12. The molecule has 0 amide bonds. The summed E-state index contributed by atoms with van der Waals surface area (Å²) in [5.41, 5.74) is 10.9. The van der Waals surface area contributed by atoms with Gasteiger partial charge >= 0.3 is 0 Å². The number of ether oxygens (including phenoxy) is 1. The molecular formula is C48H35N3O. The SMILES string of the molecule is C=Nc1c(OCc2ccc(N(c3cccc(-c4ccccc4)c3)c3ccc4c(c3)c3ccccc3n4-c3ccccc3)cc2)ccc2ccccc12. The molecule has 0 saturated carbocycles. The summed E-state index contributed by atoms with van der Waals surface area (Å²) in [5.74, 6) is 0.722. The number of fused-ring (bicyclic) bond motifs is 4. The molecule has 0 spiro atoms. The lowest BCUT2D eigenvalue weighted by Gasteiger charge is -2.26. The van der Waals surface area contributed by atoms with E-state index in [1.807, 2.05) is 18.2 Å². The fourth-order valence-corrected chi connectivity index (χ4v) is 7.27. The Labute approximate surface area is 303 Å². The molecular weight excluding hydrogens is 635 g/mol. The number of nitrogens with zero attached hydrogens (tertiary/aromatic N) is 3. The second kappa shape index (κ2) is 13.4. The van der Waals surface area contributed by atoms with Crippen LogP contribution in [0.4, 0.5) is 22.7 Å². The highest BCUT2D eigenvalue weighted by atomic mass is 16.5. The second-order valence-corrected chi connectivity index (χ2v) is 12.9. The summed E-state index contributed by atoms with van der Waals surface area (Å²) in [4.78, 5) is 6.66. The van der Waals surface area contributed by atoms with E-state index >= 15 is 0 Å². The molecule has 248 valence electrons. The second-order valence-electron chi connectivity index (χ2n) is 12.9. The Morgan fingerprint density at radius 3 is 1.96 bits per heavy atom. The predicted molar refractivity (Wildman–Crippen MR) is 218 cm³/mol.